The number of ether oxygens (including phenoxy) is 2. The fourth-order valence-electron chi connectivity index (χ4n) is 5.99. The van der Waals surface area contributed by atoms with Gasteiger partial charge in [0.15, 0.2) is 5.75 Å². The first kappa shape index (κ1) is 26.7. The van der Waals surface area contributed by atoms with Gasteiger partial charge in [-0.2, -0.15) is 4.89 Å². The molecule has 2 heterocycles. The van der Waals surface area contributed by atoms with Gasteiger partial charge in [0.1, 0.15) is 18.1 Å². The number of hydrogen-bond donors (Lipinski definition) is 2. The van der Waals surface area contributed by atoms with Crippen LogP contribution in [0.25, 0.3) is 22.2 Å². The first-order chi connectivity index (χ1) is 20.0. The molecule has 0 saturated heterocycles. The molecule has 1 fully saturated rings. The maximum Gasteiger partial charge on any atom is 0.443 e. The molecule has 0 radical (unpaired) electrons. The van der Waals surface area contributed by atoms with Crippen LogP contribution in [0.15, 0.2) is 60.7 Å². The minimum Gasteiger partial charge on any atom is -0.491 e. The van der Waals surface area contributed by atoms with Gasteiger partial charge in [-0.25, -0.2) is 9.59 Å². The number of carboxylic acid groups (broad SMARTS) is 1. The maximum absolute atomic E-state index is 12.0. The minimum atomic E-state index is -0.936. The van der Waals surface area contributed by atoms with E-state index in [9.17, 15) is 14.7 Å². The molecule has 3 aromatic carbocycles. The molecule has 0 unspecified atom stereocenters. The van der Waals surface area contributed by atoms with Gasteiger partial charge < -0.3 is 19.1 Å². The fraction of sp³-hybridized carbons (Fsp3) is 0.312. The number of carboxylic acids is 1. The van der Waals surface area contributed by atoms with Crippen LogP contribution in [0.2, 0.25) is 0 Å². The van der Waals surface area contributed by atoms with E-state index in [4.69, 9.17) is 14.4 Å². The Labute approximate surface area is 237 Å². The van der Waals surface area contributed by atoms with Crippen LogP contribution in [0.1, 0.15) is 60.9 Å². The summed E-state index contributed by atoms with van der Waals surface area (Å²) in [5.74, 6) is 1.14. The van der Waals surface area contributed by atoms with E-state index in [1.807, 2.05) is 30.3 Å². The normalized spacial score (nSPS) is 14.9. The minimum absolute atomic E-state index is 0.239. The van der Waals surface area contributed by atoms with E-state index >= 15 is 0 Å². The molecule has 0 bridgehead atoms. The van der Waals surface area contributed by atoms with E-state index in [1.54, 1.807) is 37.3 Å². The van der Waals surface area contributed by atoms with Gasteiger partial charge in [-0.1, -0.05) is 37.5 Å². The van der Waals surface area contributed by atoms with Crippen LogP contribution in [-0.4, -0.2) is 34.9 Å². The number of nitrogens with one attached hydrogen (secondary N) is 1. The fourth-order valence-corrected chi connectivity index (χ4v) is 5.99. The summed E-state index contributed by atoms with van der Waals surface area (Å²) in [6.45, 7) is 2.98. The summed E-state index contributed by atoms with van der Waals surface area (Å²) in [7, 11) is 0. The number of para-hydroxylation sites is 2. The van der Waals surface area contributed by atoms with Gasteiger partial charge in [-0.15, -0.1) is 0 Å². The van der Waals surface area contributed by atoms with Crippen molar-refractivity contribution in [1.29, 1.82) is 0 Å². The van der Waals surface area contributed by atoms with Crippen molar-refractivity contribution in [3.05, 3.63) is 71.8 Å². The largest absolute Gasteiger partial charge is 0.491 e. The second kappa shape index (κ2) is 11.5. The Hall–Kier alpha value is -4.50. The Morgan fingerprint density at radius 2 is 1.88 bits per heavy atom. The molecule has 2 aliphatic rings. The van der Waals surface area contributed by atoms with Gasteiger partial charge in [0.05, 0.1) is 30.1 Å². The molecular weight excluding hydrogens is 524 g/mol. The van der Waals surface area contributed by atoms with Crippen molar-refractivity contribution in [3.8, 4) is 28.5 Å². The number of aromatic carboxylic acids is 1. The summed E-state index contributed by atoms with van der Waals surface area (Å²) in [6.07, 6.45) is 5.09. The molecule has 0 spiro atoms. The summed E-state index contributed by atoms with van der Waals surface area (Å²) in [4.78, 5) is 33.3. The summed E-state index contributed by atoms with van der Waals surface area (Å²) in [5.41, 5.74) is 4.96. The first-order valence-electron chi connectivity index (χ1n) is 14.1. The predicted molar refractivity (Wildman–Crippen MR) is 154 cm³/mol. The quantitative estimate of drug-likeness (QED) is 0.177. The zero-order valence-electron chi connectivity index (χ0n) is 22.9. The third-order valence-electron chi connectivity index (χ3n) is 7.75. The molecule has 1 amide bonds. The number of benzene rings is 3. The molecule has 41 heavy (non-hydrogen) atoms. The van der Waals surface area contributed by atoms with E-state index in [0.717, 1.165) is 35.0 Å². The van der Waals surface area contributed by atoms with Crippen LogP contribution in [0.3, 0.4) is 0 Å². The molecule has 1 aromatic heterocycles. The number of nitrogens with zero attached hydrogens (tertiary/aromatic N) is 1. The molecule has 0 atom stereocenters. The Bertz CT molecular complexity index is 1600. The number of amides is 1. The summed E-state index contributed by atoms with van der Waals surface area (Å²) >= 11 is 0. The second-order valence-electron chi connectivity index (χ2n) is 10.3. The monoisotopic (exact) mass is 556 g/mol. The van der Waals surface area contributed by atoms with Crippen molar-refractivity contribution >= 4 is 28.7 Å². The third-order valence-corrected chi connectivity index (χ3v) is 7.75. The number of carbonyl (C=O) groups is 2. The van der Waals surface area contributed by atoms with Crippen molar-refractivity contribution in [1.82, 2.24) is 4.57 Å². The lowest BCUT2D eigenvalue weighted by Gasteiger charge is -2.23. The van der Waals surface area contributed by atoms with E-state index in [2.05, 4.69) is 14.8 Å². The van der Waals surface area contributed by atoms with Crippen molar-refractivity contribution in [2.75, 3.05) is 18.5 Å². The number of anilines is 1. The Balaban J connectivity index is 1.40. The number of aromatic nitrogens is 1. The standard InChI is InChI=1S/C32H32N2O7/c1-2-39-41-32(37)33-25-10-6-7-11-27(25)40-22-13-15-24-28(19-22)38-17-16-34-26-18-21(31(35)36)12-14-23(26)29(30(24)34)20-8-4-3-5-9-20/h6-7,10-15,18-20H,2-5,8-9,16-17H2,1H3,(H,33,37)(H,35,36). The van der Waals surface area contributed by atoms with Crippen LogP contribution in [-0.2, 0) is 16.3 Å². The molecule has 4 aromatic rings. The van der Waals surface area contributed by atoms with Crippen molar-refractivity contribution in [3.63, 3.8) is 0 Å². The molecule has 9 nitrogen and oxygen atoms in total. The van der Waals surface area contributed by atoms with E-state index < -0.39 is 12.1 Å². The molecule has 9 heteroatoms. The number of rotatable bonds is 7. The lowest BCUT2D eigenvalue weighted by Crippen LogP contribution is -2.14. The first-order valence-corrected chi connectivity index (χ1v) is 14.1. The van der Waals surface area contributed by atoms with Gasteiger partial charge in [0.25, 0.3) is 0 Å². The molecule has 1 saturated carbocycles. The molecule has 212 valence electrons. The van der Waals surface area contributed by atoms with E-state index in [-0.39, 0.29) is 12.2 Å². The van der Waals surface area contributed by atoms with Crippen LogP contribution < -0.4 is 14.8 Å². The highest BCUT2D eigenvalue weighted by atomic mass is 17.2. The van der Waals surface area contributed by atoms with Crippen LogP contribution in [0.4, 0.5) is 10.5 Å². The highest BCUT2D eigenvalue weighted by Gasteiger charge is 2.30. The van der Waals surface area contributed by atoms with Crippen LogP contribution in [0.5, 0.6) is 17.2 Å². The van der Waals surface area contributed by atoms with E-state index in [1.165, 1.54) is 24.8 Å². The number of hydrogen-bond acceptors (Lipinski definition) is 6. The summed E-state index contributed by atoms with van der Waals surface area (Å²) < 4.78 is 14.7. The van der Waals surface area contributed by atoms with Gasteiger partial charge in [-0.05, 0) is 67.6 Å². The molecule has 2 N–H and O–H groups in total. The zero-order valence-corrected chi connectivity index (χ0v) is 22.9. The predicted octanol–water partition coefficient (Wildman–Crippen LogP) is 7.74. The van der Waals surface area contributed by atoms with Crippen LogP contribution >= 0.6 is 0 Å². The lowest BCUT2D eigenvalue weighted by atomic mass is 9.81. The van der Waals surface area contributed by atoms with E-state index in [0.29, 0.717) is 42.0 Å². The Kier molecular flexibility index (Phi) is 7.52. The van der Waals surface area contributed by atoms with Crippen molar-refractivity contribution in [2.24, 2.45) is 0 Å². The van der Waals surface area contributed by atoms with Gasteiger partial charge in [0.2, 0.25) is 0 Å². The molecule has 1 aliphatic heterocycles. The highest BCUT2D eigenvalue weighted by molar-refractivity contribution is 5.99. The average molecular weight is 557 g/mol. The molecular formula is C32H32N2O7. The number of fused-ring (bicyclic) bond motifs is 5. The smallest absolute Gasteiger partial charge is 0.443 e. The SMILES string of the molecule is CCOOC(=O)Nc1ccccc1Oc1ccc2c(c1)OCCn1c-2c(C2CCCCC2)c2ccc(C(=O)O)cc21. The van der Waals surface area contributed by atoms with Gasteiger partial charge in [0, 0.05) is 22.5 Å². The summed E-state index contributed by atoms with van der Waals surface area (Å²) in [6, 6.07) is 18.3. The maximum atomic E-state index is 12.0. The molecule has 1 aliphatic carbocycles. The van der Waals surface area contributed by atoms with Crippen molar-refractivity contribution < 1.29 is 33.9 Å². The van der Waals surface area contributed by atoms with Crippen molar-refractivity contribution in [2.45, 2.75) is 51.5 Å². The topological polar surface area (TPSA) is 108 Å². The lowest BCUT2D eigenvalue weighted by molar-refractivity contribution is -0.230. The Morgan fingerprint density at radius 1 is 1.05 bits per heavy atom. The Morgan fingerprint density at radius 3 is 2.68 bits per heavy atom. The zero-order chi connectivity index (χ0) is 28.3. The summed E-state index contributed by atoms with van der Waals surface area (Å²) in [5, 5.41) is 13.4. The van der Waals surface area contributed by atoms with Crippen LogP contribution in [0, 0.1) is 0 Å². The average Bonchev–Trinajstić information content (AvgIpc) is 3.19. The van der Waals surface area contributed by atoms with Gasteiger partial charge in [-0.3, -0.25) is 10.2 Å². The van der Waals surface area contributed by atoms with Gasteiger partial charge >= 0.3 is 12.1 Å². The molecule has 6 rings (SSSR count). The second-order valence-corrected chi connectivity index (χ2v) is 10.3. The third kappa shape index (κ3) is 5.32. The highest BCUT2D eigenvalue weighted by Crippen LogP contribution is 2.48. The number of carbonyl (C=O) groups excluding carboxylic acids is 1.